The van der Waals surface area contributed by atoms with Crippen LogP contribution in [0.25, 0.3) is 0 Å². The highest BCUT2D eigenvalue weighted by Crippen LogP contribution is 2.10. The fourth-order valence-electron chi connectivity index (χ4n) is 1.50. The Bertz CT molecular complexity index is 366. The molecule has 17 heavy (non-hydrogen) atoms. The third-order valence-corrected chi connectivity index (χ3v) is 2.39. The molecule has 4 nitrogen and oxygen atoms in total. The van der Waals surface area contributed by atoms with Crippen molar-refractivity contribution in [1.82, 2.24) is 4.90 Å². The van der Waals surface area contributed by atoms with E-state index < -0.39 is 0 Å². The predicted molar refractivity (Wildman–Crippen MR) is 68.6 cm³/mol. The van der Waals surface area contributed by atoms with E-state index in [1.807, 2.05) is 38.1 Å². The van der Waals surface area contributed by atoms with Crippen LogP contribution < -0.4 is 5.73 Å². The maximum Gasteiger partial charge on any atom is 0.410 e. The molecule has 0 heterocycles. The van der Waals surface area contributed by atoms with Crippen molar-refractivity contribution in [2.75, 3.05) is 18.9 Å². The average Bonchev–Trinajstić information content (AvgIpc) is 2.33. The van der Waals surface area contributed by atoms with Crippen LogP contribution in [-0.2, 0) is 11.3 Å². The molecule has 0 spiro atoms. The lowest BCUT2D eigenvalue weighted by Gasteiger charge is -2.20. The van der Waals surface area contributed by atoms with Gasteiger partial charge in [0.25, 0.3) is 0 Å². The molecular formula is C13H20N2O2. The third-order valence-electron chi connectivity index (χ3n) is 2.39. The van der Waals surface area contributed by atoms with Crippen molar-refractivity contribution < 1.29 is 9.53 Å². The first-order valence-corrected chi connectivity index (χ1v) is 5.93. The van der Waals surface area contributed by atoms with Crippen LogP contribution in [0.3, 0.4) is 0 Å². The molecule has 0 saturated carbocycles. The zero-order chi connectivity index (χ0) is 12.7. The van der Waals surface area contributed by atoms with Gasteiger partial charge in [-0.3, -0.25) is 0 Å². The molecular weight excluding hydrogens is 216 g/mol. The molecule has 0 aromatic heterocycles. The van der Waals surface area contributed by atoms with Gasteiger partial charge in [-0.1, -0.05) is 19.1 Å². The number of ether oxygens (including phenoxy) is 1. The molecule has 94 valence electrons. The highest BCUT2D eigenvalue weighted by Gasteiger charge is 2.12. The van der Waals surface area contributed by atoms with E-state index in [9.17, 15) is 4.79 Å². The van der Waals surface area contributed by atoms with Crippen molar-refractivity contribution in [3.63, 3.8) is 0 Å². The predicted octanol–water partition coefficient (Wildman–Crippen LogP) is 2.64. The summed E-state index contributed by atoms with van der Waals surface area (Å²) in [6, 6.07) is 7.53. The van der Waals surface area contributed by atoms with Gasteiger partial charge in [-0.25, -0.2) is 4.79 Å². The minimum atomic E-state index is -0.267. The van der Waals surface area contributed by atoms with Crippen LogP contribution in [0.1, 0.15) is 25.8 Å². The van der Waals surface area contributed by atoms with Crippen molar-refractivity contribution in [1.29, 1.82) is 0 Å². The van der Waals surface area contributed by atoms with Crippen molar-refractivity contribution in [2.45, 2.75) is 26.8 Å². The SMILES string of the molecule is CCCOC(=O)N(CC)Cc1cccc(N)c1. The molecule has 0 aliphatic heterocycles. The monoisotopic (exact) mass is 236 g/mol. The van der Waals surface area contributed by atoms with E-state index in [0.29, 0.717) is 25.4 Å². The number of hydrogen-bond acceptors (Lipinski definition) is 3. The standard InChI is InChI=1S/C13H20N2O2/c1-3-8-17-13(16)15(4-2)10-11-6-5-7-12(14)9-11/h5-7,9H,3-4,8,10,14H2,1-2H3. The van der Waals surface area contributed by atoms with E-state index in [0.717, 1.165) is 12.0 Å². The molecule has 1 rings (SSSR count). The zero-order valence-corrected chi connectivity index (χ0v) is 10.5. The lowest BCUT2D eigenvalue weighted by atomic mass is 10.2. The Morgan fingerprint density at radius 3 is 2.76 bits per heavy atom. The lowest BCUT2D eigenvalue weighted by Crippen LogP contribution is -2.31. The Morgan fingerprint density at radius 2 is 2.18 bits per heavy atom. The normalized spacial score (nSPS) is 10.0. The number of anilines is 1. The maximum absolute atomic E-state index is 11.7. The molecule has 1 aromatic carbocycles. The molecule has 0 atom stereocenters. The number of carbonyl (C=O) groups is 1. The van der Waals surface area contributed by atoms with Gasteiger partial charge in [0, 0.05) is 18.8 Å². The van der Waals surface area contributed by atoms with Crippen LogP contribution in [0.2, 0.25) is 0 Å². The summed E-state index contributed by atoms with van der Waals surface area (Å²) in [6.45, 7) is 5.52. The third kappa shape index (κ3) is 4.34. The van der Waals surface area contributed by atoms with Gasteiger partial charge >= 0.3 is 6.09 Å². The number of nitrogens with two attached hydrogens (primary N) is 1. The van der Waals surface area contributed by atoms with Gasteiger partial charge < -0.3 is 15.4 Å². The Labute approximate surface area is 102 Å². The number of nitrogen functional groups attached to an aromatic ring is 1. The van der Waals surface area contributed by atoms with E-state index in [2.05, 4.69) is 0 Å². The summed E-state index contributed by atoms with van der Waals surface area (Å²) in [5, 5.41) is 0. The van der Waals surface area contributed by atoms with Gasteiger partial charge in [0.05, 0.1) is 6.61 Å². The van der Waals surface area contributed by atoms with Crippen LogP contribution in [0.4, 0.5) is 10.5 Å². The molecule has 0 bridgehead atoms. The highest BCUT2D eigenvalue weighted by molar-refractivity contribution is 5.67. The Morgan fingerprint density at radius 1 is 1.41 bits per heavy atom. The number of carbonyl (C=O) groups excluding carboxylic acids is 1. The molecule has 1 amide bonds. The summed E-state index contributed by atoms with van der Waals surface area (Å²) in [7, 11) is 0. The number of nitrogens with zero attached hydrogens (tertiary/aromatic N) is 1. The maximum atomic E-state index is 11.7. The summed E-state index contributed by atoms with van der Waals surface area (Å²) in [5.74, 6) is 0. The van der Waals surface area contributed by atoms with Gasteiger partial charge in [-0.2, -0.15) is 0 Å². The second-order valence-corrected chi connectivity index (χ2v) is 3.87. The van der Waals surface area contributed by atoms with Crippen LogP contribution in [0.15, 0.2) is 24.3 Å². The first-order valence-electron chi connectivity index (χ1n) is 5.93. The van der Waals surface area contributed by atoms with E-state index in [1.54, 1.807) is 4.90 Å². The molecule has 4 heteroatoms. The molecule has 0 radical (unpaired) electrons. The Balaban J connectivity index is 2.60. The fourth-order valence-corrected chi connectivity index (χ4v) is 1.50. The largest absolute Gasteiger partial charge is 0.449 e. The summed E-state index contributed by atoms with van der Waals surface area (Å²) in [5.41, 5.74) is 7.42. The van der Waals surface area contributed by atoms with E-state index in [-0.39, 0.29) is 6.09 Å². The van der Waals surface area contributed by atoms with E-state index in [1.165, 1.54) is 0 Å². The topological polar surface area (TPSA) is 55.6 Å². The number of benzene rings is 1. The molecule has 0 unspecified atom stereocenters. The van der Waals surface area contributed by atoms with Crippen molar-refractivity contribution >= 4 is 11.8 Å². The first kappa shape index (κ1) is 13.4. The molecule has 0 aliphatic carbocycles. The smallest absolute Gasteiger partial charge is 0.410 e. The Kier molecular flexibility index (Phi) is 5.33. The van der Waals surface area contributed by atoms with Gasteiger partial charge in [0.1, 0.15) is 0 Å². The zero-order valence-electron chi connectivity index (χ0n) is 10.5. The van der Waals surface area contributed by atoms with E-state index >= 15 is 0 Å². The fraction of sp³-hybridized carbons (Fsp3) is 0.462. The highest BCUT2D eigenvalue weighted by atomic mass is 16.6. The first-order chi connectivity index (χ1) is 8.17. The van der Waals surface area contributed by atoms with Gasteiger partial charge in [-0.05, 0) is 31.0 Å². The second-order valence-electron chi connectivity index (χ2n) is 3.87. The van der Waals surface area contributed by atoms with Gasteiger partial charge in [0.15, 0.2) is 0 Å². The number of hydrogen-bond donors (Lipinski definition) is 1. The number of rotatable bonds is 5. The quantitative estimate of drug-likeness (QED) is 0.799. The van der Waals surface area contributed by atoms with Crippen LogP contribution in [-0.4, -0.2) is 24.1 Å². The summed E-state index contributed by atoms with van der Waals surface area (Å²) >= 11 is 0. The molecule has 0 aliphatic rings. The minimum Gasteiger partial charge on any atom is -0.449 e. The van der Waals surface area contributed by atoms with Crippen LogP contribution in [0, 0.1) is 0 Å². The second kappa shape index (κ2) is 6.78. The molecule has 0 fully saturated rings. The molecule has 0 saturated heterocycles. The van der Waals surface area contributed by atoms with Crippen molar-refractivity contribution in [3.05, 3.63) is 29.8 Å². The summed E-state index contributed by atoms with van der Waals surface area (Å²) in [6.07, 6.45) is 0.568. The van der Waals surface area contributed by atoms with Crippen molar-refractivity contribution in [3.8, 4) is 0 Å². The van der Waals surface area contributed by atoms with E-state index in [4.69, 9.17) is 10.5 Å². The van der Waals surface area contributed by atoms with Gasteiger partial charge in [0.2, 0.25) is 0 Å². The minimum absolute atomic E-state index is 0.267. The average molecular weight is 236 g/mol. The van der Waals surface area contributed by atoms with Gasteiger partial charge in [-0.15, -0.1) is 0 Å². The van der Waals surface area contributed by atoms with Crippen LogP contribution >= 0.6 is 0 Å². The summed E-state index contributed by atoms with van der Waals surface area (Å²) in [4.78, 5) is 13.4. The molecule has 2 N–H and O–H groups in total. The molecule has 1 aromatic rings. The Hall–Kier alpha value is -1.71. The number of amides is 1. The summed E-state index contributed by atoms with van der Waals surface area (Å²) < 4.78 is 5.10. The lowest BCUT2D eigenvalue weighted by molar-refractivity contribution is 0.102. The van der Waals surface area contributed by atoms with Crippen molar-refractivity contribution in [2.24, 2.45) is 0 Å². The van der Waals surface area contributed by atoms with Crippen LogP contribution in [0.5, 0.6) is 0 Å².